The summed E-state index contributed by atoms with van der Waals surface area (Å²) in [6, 6.07) is 10.2. The van der Waals surface area contributed by atoms with Crippen LogP contribution in [0.5, 0.6) is 0 Å². The molecule has 0 saturated heterocycles. The zero-order valence-corrected chi connectivity index (χ0v) is 22.0. The third-order valence-electron chi connectivity index (χ3n) is 5.27. The standard InChI is InChI=1S/C24H27Cl2N5O2S/c1-13(2)21(28-23(33)16-7-8-17(25)18(26)11-16)22-29-30-24(31(22)5)34-12-20(32)27-19-9-6-14(3)10-15(19)4/h6-11,13,21H,12H2,1-5H3,(H,27,32)(H,28,33)/t21-/m1/s1. The smallest absolute Gasteiger partial charge is 0.251 e. The first kappa shape index (κ1) is 26.1. The van der Waals surface area contributed by atoms with Gasteiger partial charge in [0.1, 0.15) is 0 Å². The molecule has 0 fully saturated rings. The van der Waals surface area contributed by atoms with Crippen molar-refractivity contribution < 1.29 is 9.59 Å². The molecular formula is C24H27Cl2N5O2S. The molecule has 10 heteroatoms. The van der Waals surface area contributed by atoms with E-state index in [-0.39, 0.29) is 23.5 Å². The van der Waals surface area contributed by atoms with E-state index in [4.69, 9.17) is 23.2 Å². The zero-order chi connectivity index (χ0) is 25.0. The minimum absolute atomic E-state index is 0.0419. The summed E-state index contributed by atoms with van der Waals surface area (Å²) in [6.07, 6.45) is 0. The number of carbonyl (C=O) groups is 2. The fourth-order valence-electron chi connectivity index (χ4n) is 3.38. The summed E-state index contributed by atoms with van der Waals surface area (Å²) in [6.45, 7) is 7.94. The Bertz CT molecular complexity index is 1210. The van der Waals surface area contributed by atoms with Crippen molar-refractivity contribution in [1.29, 1.82) is 0 Å². The van der Waals surface area contributed by atoms with E-state index in [0.717, 1.165) is 16.8 Å². The normalized spacial score (nSPS) is 12.0. The number of nitrogens with one attached hydrogen (secondary N) is 2. The highest BCUT2D eigenvalue weighted by Crippen LogP contribution is 2.26. The number of rotatable bonds is 8. The molecule has 1 heterocycles. The molecule has 1 aromatic heterocycles. The van der Waals surface area contributed by atoms with Gasteiger partial charge in [0, 0.05) is 18.3 Å². The lowest BCUT2D eigenvalue weighted by molar-refractivity contribution is -0.113. The molecule has 2 aromatic carbocycles. The van der Waals surface area contributed by atoms with E-state index >= 15 is 0 Å². The van der Waals surface area contributed by atoms with Crippen LogP contribution in [0.3, 0.4) is 0 Å². The van der Waals surface area contributed by atoms with Gasteiger partial charge in [-0.25, -0.2) is 0 Å². The van der Waals surface area contributed by atoms with E-state index in [1.807, 2.05) is 52.9 Å². The van der Waals surface area contributed by atoms with Gasteiger partial charge in [0.2, 0.25) is 5.91 Å². The van der Waals surface area contributed by atoms with Gasteiger partial charge >= 0.3 is 0 Å². The number of amides is 2. The molecule has 0 bridgehead atoms. The maximum atomic E-state index is 12.8. The quantitative estimate of drug-likeness (QED) is 0.378. The summed E-state index contributed by atoms with van der Waals surface area (Å²) in [7, 11) is 1.82. The highest BCUT2D eigenvalue weighted by atomic mass is 35.5. The van der Waals surface area contributed by atoms with Gasteiger partial charge in [0.05, 0.1) is 21.8 Å². The predicted octanol–water partition coefficient (Wildman–Crippen LogP) is 5.60. The van der Waals surface area contributed by atoms with Crippen molar-refractivity contribution in [1.82, 2.24) is 20.1 Å². The van der Waals surface area contributed by atoms with Crippen molar-refractivity contribution >= 4 is 52.5 Å². The number of carbonyl (C=O) groups excluding carboxylic acids is 2. The van der Waals surface area contributed by atoms with Crippen molar-refractivity contribution in [3.63, 3.8) is 0 Å². The van der Waals surface area contributed by atoms with Crippen LogP contribution in [0.4, 0.5) is 5.69 Å². The van der Waals surface area contributed by atoms with Gasteiger partial charge < -0.3 is 15.2 Å². The summed E-state index contributed by atoms with van der Waals surface area (Å²) in [4.78, 5) is 25.3. The van der Waals surface area contributed by atoms with Crippen molar-refractivity contribution in [2.24, 2.45) is 13.0 Å². The van der Waals surface area contributed by atoms with Crippen LogP contribution in [0.25, 0.3) is 0 Å². The van der Waals surface area contributed by atoms with Crippen LogP contribution >= 0.6 is 35.0 Å². The molecule has 3 aromatic rings. The number of hydrogen-bond donors (Lipinski definition) is 2. The molecule has 2 N–H and O–H groups in total. The minimum atomic E-state index is -0.391. The van der Waals surface area contributed by atoms with Gasteiger partial charge in [0.15, 0.2) is 11.0 Å². The Morgan fingerprint density at radius 2 is 1.79 bits per heavy atom. The van der Waals surface area contributed by atoms with Gasteiger partial charge in [-0.2, -0.15) is 0 Å². The highest BCUT2D eigenvalue weighted by molar-refractivity contribution is 7.99. The van der Waals surface area contributed by atoms with Gasteiger partial charge in [-0.15, -0.1) is 10.2 Å². The Labute approximate surface area is 213 Å². The lowest BCUT2D eigenvalue weighted by Crippen LogP contribution is -2.33. The van der Waals surface area contributed by atoms with Crippen LogP contribution < -0.4 is 10.6 Å². The molecule has 0 aliphatic carbocycles. The van der Waals surface area contributed by atoms with Crippen LogP contribution in [0.1, 0.15) is 47.2 Å². The molecule has 3 rings (SSSR count). The van der Waals surface area contributed by atoms with Gasteiger partial charge in [-0.05, 0) is 49.6 Å². The SMILES string of the molecule is Cc1ccc(NC(=O)CSc2nnc([C@H](NC(=O)c3ccc(Cl)c(Cl)c3)C(C)C)n2C)c(C)c1. The second-order valence-corrected chi connectivity index (χ2v) is 10.1. The number of anilines is 1. The molecule has 180 valence electrons. The van der Waals surface area contributed by atoms with Gasteiger partial charge in [-0.1, -0.05) is 66.5 Å². The van der Waals surface area contributed by atoms with E-state index in [0.29, 0.717) is 26.6 Å². The molecule has 1 atom stereocenters. The first-order chi connectivity index (χ1) is 16.1. The minimum Gasteiger partial charge on any atom is -0.342 e. The molecule has 34 heavy (non-hydrogen) atoms. The average molecular weight is 520 g/mol. The molecule has 7 nitrogen and oxygen atoms in total. The fourth-order valence-corrected chi connectivity index (χ4v) is 4.40. The van der Waals surface area contributed by atoms with E-state index in [2.05, 4.69) is 20.8 Å². The van der Waals surface area contributed by atoms with E-state index < -0.39 is 6.04 Å². The molecule has 0 aliphatic rings. The first-order valence-electron chi connectivity index (χ1n) is 10.7. The number of aromatic nitrogens is 3. The zero-order valence-electron chi connectivity index (χ0n) is 19.6. The molecule has 2 amide bonds. The number of halogens is 2. The van der Waals surface area contributed by atoms with Crippen LogP contribution in [0.2, 0.25) is 10.0 Å². The number of aryl methyl sites for hydroxylation is 2. The summed E-state index contributed by atoms with van der Waals surface area (Å²) in [5, 5.41) is 15.8. The Hall–Kier alpha value is -2.55. The van der Waals surface area contributed by atoms with Gasteiger partial charge in [-0.3, -0.25) is 9.59 Å². The second-order valence-electron chi connectivity index (χ2n) is 8.38. The third kappa shape index (κ3) is 6.31. The molecule has 0 unspecified atom stereocenters. The summed E-state index contributed by atoms with van der Waals surface area (Å²) >= 11 is 13.3. The lowest BCUT2D eigenvalue weighted by atomic mass is 10.0. The Kier molecular flexibility index (Phi) is 8.62. The fraction of sp³-hybridized carbons (Fsp3) is 0.333. The first-order valence-corrected chi connectivity index (χ1v) is 12.5. The largest absolute Gasteiger partial charge is 0.342 e. The summed E-state index contributed by atoms with van der Waals surface area (Å²) in [5.41, 5.74) is 3.35. The van der Waals surface area contributed by atoms with Gasteiger partial charge in [0.25, 0.3) is 5.91 Å². The molecule has 0 saturated carbocycles. The second kappa shape index (κ2) is 11.3. The average Bonchev–Trinajstić information content (AvgIpc) is 3.14. The van der Waals surface area contributed by atoms with E-state index in [1.165, 1.54) is 17.8 Å². The topological polar surface area (TPSA) is 88.9 Å². The molecule has 0 aliphatic heterocycles. The van der Waals surface area contributed by atoms with Crippen LogP contribution in [-0.4, -0.2) is 32.3 Å². The highest BCUT2D eigenvalue weighted by Gasteiger charge is 2.25. The number of benzene rings is 2. The van der Waals surface area contributed by atoms with Crippen LogP contribution in [0.15, 0.2) is 41.6 Å². The Morgan fingerprint density at radius 1 is 1.06 bits per heavy atom. The van der Waals surface area contributed by atoms with Crippen LogP contribution in [0, 0.1) is 19.8 Å². The van der Waals surface area contributed by atoms with Crippen molar-refractivity contribution in [2.75, 3.05) is 11.1 Å². The predicted molar refractivity (Wildman–Crippen MR) is 138 cm³/mol. The van der Waals surface area contributed by atoms with Crippen molar-refractivity contribution in [3.8, 4) is 0 Å². The summed E-state index contributed by atoms with van der Waals surface area (Å²) in [5.74, 6) is 0.402. The lowest BCUT2D eigenvalue weighted by Gasteiger charge is -2.22. The number of nitrogens with zero attached hydrogens (tertiary/aromatic N) is 3. The molecule has 0 spiro atoms. The maximum Gasteiger partial charge on any atom is 0.251 e. The maximum absolute atomic E-state index is 12.8. The van der Waals surface area contributed by atoms with Crippen molar-refractivity contribution in [2.45, 2.75) is 38.9 Å². The monoisotopic (exact) mass is 519 g/mol. The molecule has 0 radical (unpaired) electrons. The van der Waals surface area contributed by atoms with E-state index in [9.17, 15) is 9.59 Å². The molecular weight excluding hydrogens is 493 g/mol. The Morgan fingerprint density at radius 3 is 2.44 bits per heavy atom. The summed E-state index contributed by atoms with van der Waals surface area (Å²) < 4.78 is 1.80. The third-order valence-corrected chi connectivity index (χ3v) is 7.03. The van der Waals surface area contributed by atoms with Crippen molar-refractivity contribution in [3.05, 3.63) is 69.0 Å². The Balaban J connectivity index is 1.68. The van der Waals surface area contributed by atoms with Crippen LogP contribution in [-0.2, 0) is 11.8 Å². The number of thioether (sulfide) groups is 1. The van der Waals surface area contributed by atoms with E-state index in [1.54, 1.807) is 16.7 Å². The number of hydrogen-bond acceptors (Lipinski definition) is 5.